The smallest absolute Gasteiger partial charge is 0.314 e. The van der Waals surface area contributed by atoms with Crippen LogP contribution in [-0.2, 0) is 28.4 Å². The van der Waals surface area contributed by atoms with Gasteiger partial charge in [0.2, 0.25) is 0 Å². The standard InChI is InChI=1S/C24H50N4O8/c1-31-17-21(33-3)19-35-15-9-13-27-23(29)25-11-7-5-6-8-12-26-24(30)28-14-10-16-36-20-22(34-4)18-32-2/h21-22H,5-20H2,1-4H3,(H2,25,27,29)(H2,26,28,30)/t21-,22-/m1/s1. The Bertz CT molecular complexity index is 473. The molecule has 0 saturated carbocycles. The molecule has 4 amide bonds. The van der Waals surface area contributed by atoms with E-state index >= 15 is 0 Å². The summed E-state index contributed by atoms with van der Waals surface area (Å²) in [6.07, 6.45) is 5.09. The van der Waals surface area contributed by atoms with Crippen LogP contribution in [0.1, 0.15) is 38.5 Å². The fourth-order valence-corrected chi connectivity index (χ4v) is 3.05. The molecule has 0 bridgehead atoms. The van der Waals surface area contributed by atoms with E-state index in [-0.39, 0.29) is 24.3 Å². The Morgan fingerprint density at radius 2 is 0.889 bits per heavy atom. The number of carbonyl (C=O) groups is 2. The van der Waals surface area contributed by atoms with E-state index in [1.165, 1.54) is 0 Å². The summed E-state index contributed by atoms with van der Waals surface area (Å²) in [5, 5.41) is 11.3. The van der Waals surface area contributed by atoms with Crippen molar-refractivity contribution in [3.63, 3.8) is 0 Å². The van der Waals surface area contributed by atoms with Crippen LogP contribution in [-0.4, -0.2) is 119 Å². The largest absolute Gasteiger partial charge is 0.382 e. The molecule has 12 nitrogen and oxygen atoms in total. The maximum absolute atomic E-state index is 11.8. The topological polar surface area (TPSA) is 138 Å². The number of unbranched alkanes of at least 4 members (excludes halogenated alkanes) is 3. The molecule has 12 heteroatoms. The van der Waals surface area contributed by atoms with Crippen molar-refractivity contribution in [3.8, 4) is 0 Å². The lowest BCUT2D eigenvalue weighted by Gasteiger charge is -2.14. The van der Waals surface area contributed by atoms with Gasteiger partial charge < -0.3 is 49.7 Å². The SMILES string of the molecule is COC[C@H](COCCCNC(=O)NCCCCCCNC(=O)NCCCOC[C@@H](COC)OC)OC. The van der Waals surface area contributed by atoms with E-state index in [4.69, 9.17) is 28.4 Å². The Balaban J connectivity index is 3.40. The monoisotopic (exact) mass is 522 g/mol. The van der Waals surface area contributed by atoms with Gasteiger partial charge in [0.15, 0.2) is 0 Å². The van der Waals surface area contributed by atoms with Gasteiger partial charge in [0.1, 0.15) is 12.2 Å². The number of carbonyl (C=O) groups excluding carboxylic acids is 2. The van der Waals surface area contributed by atoms with Crippen LogP contribution in [0.3, 0.4) is 0 Å². The molecule has 0 radical (unpaired) electrons. The number of hydrogen-bond acceptors (Lipinski definition) is 8. The molecule has 0 spiro atoms. The second-order valence-electron chi connectivity index (χ2n) is 8.26. The molecule has 0 aromatic carbocycles. The Kier molecular flexibility index (Phi) is 25.1. The first-order chi connectivity index (χ1) is 17.6. The minimum Gasteiger partial charge on any atom is -0.382 e. The molecule has 0 aromatic rings. The number of hydrogen-bond donors (Lipinski definition) is 4. The summed E-state index contributed by atoms with van der Waals surface area (Å²) in [5.41, 5.74) is 0. The number of rotatable bonds is 25. The molecule has 0 aliphatic rings. The Morgan fingerprint density at radius 3 is 1.22 bits per heavy atom. The van der Waals surface area contributed by atoms with Gasteiger partial charge in [-0.05, 0) is 25.7 Å². The highest BCUT2D eigenvalue weighted by Crippen LogP contribution is 1.98. The minimum atomic E-state index is -0.165. The van der Waals surface area contributed by atoms with Crippen LogP contribution in [0.25, 0.3) is 0 Å². The predicted octanol–water partition coefficient (Wildman–Crippen LogP) is 1.28. The summed E-state index contributed by atoms with van der Waals surface area (Å²) < 4.78 is 31.5. The number of ether oxygens (including phenoxy) is 6. The number of urea groups is 2. The highest BCUT2D eigenvalue weighted by atomic mass is 16.6. The zero-order valence-electron chi connectivity index (χ0n) is 22.7. The summed E-state index contributed by atoms with van der Waals surface area (Å²) in [5.74, 6) is 0. The van der Waals surface area contributed by atoms with Crippen molar-refractivity contribution >= 4 is 12.1 Å². The number of nitrogens with one attached hydrogen (secondary N) is 4. The maximum Gasteiger partial charge on any atom is 0.314 e. The third kappa shape index (κ3) is 22.7. The van der Waals surface area contributed by atoms with Gasteiger partial charge in [-0.15, -0.1) is 0 Å². The van der Waals surface area contributed by atoms with E-state index < -0.39 is 0 Å². The van der Waals surface area contributed by atoms with E-state index in [1.54, 1.807) is 28.4 Å². The average molecular weight is 523 g/mol. The molecular formula is C24H50N4O8. The summed E-state index contributed by atoms with van der Waals surface area (Å²) in [6.45, 7) is 5.39. The molecule has 0 saturated heterocycles. The summed E-state index contributed by atoms with van der Waals surface area (Å²) in [6, 6.07) is -0.331. The molecule has 4 N–H and O–H groups in total. The van der Waals surface area contributed by atoms with Crippen molar-refractivity contribution in [1.29, 1.82) is 0 Å². The summed E-state index contributed by atoms with van der Waals surface area (Å²) in [7, 11) is 6.50. The second-order valence-corrected chi connectivity index (χ2v) is 8.26. The van der Waals surface area contributed by atoms with E-state index in [0.29, 0.717) is 65.8 Å². The predicted molar refractivity (Wildman–Crippen MR) is 137 cm³/mol. The van der Waals surface area contributed by atoms with Crippen molar-refractivity contribution in [2.45, 2.75) is 50.7 Å². The van der Waals surface area contributed by atoms with Crippen molar-refractivity contribution in [2.24, 2.45) is 0 Å². The first kappa shape index (κ1) is 34.3. The lowest BCUT2D eigenvalue weighted by atomic mass is 10.2. The molecule has 0 fully saturated rings. The third-order valence-corrected chi connectivity index (χ3v) is 5.16. The van der Waals surface area contributed by atoms with E-state index in [2.05, 4.69) is 21.3 Å². The first-order valence-electron chi connectivity index (χ1n) is 12.8. The van der Waals surface area contributed by atoms with Gasteiger partial charge in [0, 0.05) is 67.8 Å². The minimum absolute atomic E-state index is 0.0724. The van der Waals surface area contributed by atoms with Gasteiger partial charge in [-0.2, -0.15) is 0 Å². The van der Waals surface area contributed by atoms with E-state index in [1.807, 2.05) is 0 Å². The molecule has 0 aliphatic carbocycles. The highest BCUT2D eigenvalue weighted by molar-refractivity contribution is 5.74. The van der Waals surface area contributed by atoms with E-state index in [9.17, 15) is 9.59 Å². The van der Waals surface area contributed by atoms with Crippen LogP contribution in [0.2, 0.25) is 0 Å². The van der Waals surface area contributed by atoms with Crippen molar-refractivity contribution in [2.75, 3.05) is 94.3 Å². The third-order valence-electron chi connectivity index (χ3n) is 5.16. The number of methoxy groups -OCH3 is 4. The molecule has 214 valence electrons. The average Bonchev–Trinajstić information content (AvgIpc) is 2.88. The first-order valence-corrected chi connectivity index (χ1v) is 12.8. The maximum atomic E-state index is 11.8. The molecule has 0 aliphatic heterocycles. The molecule has 2 atom stereocenters. The van der Waals surface area contributed by atoms with Gasteiger partial charge in [0.05, 0.1) is 26.4 Å². The van der Waals surface area contributed by atoms with Crippen LogP contribution < -0.4 is 21.3 Å². The van der Waals surface area contributed by atoms with Gasteiger partial charge >= 0.3 is 12.1 Å². The van der Waals surface area contributed by atoms with Gasteiger partial charge in [0.25, 0.3) is 0 Å². The molecule has 0 rings (SSSR count). The zero-order valence-corrected chi connectivity index (χ0v) is 22.7. The molecule has 0 unspecified atom stereocenters. The normalized spacial score (nSPS) is 12.7. The fraction of sp³-hybridized carbons (Fsp3) is 0.917. The summed E-state index contributed by atoms with van der Waals surface area (Å²) in [4.78, 5) is 23.5. The Labute approximate surface area is 216 Å². The Hall–Kier alpha value is -1.70. The highest BCUT2D eigenvalue weighted by Gasteiger charge is 2.07. The van der Waals surface area contributed by atoms with Crippen LogP contribution in [0, 0.1) is 0 Å². The summed E-state index contributed by atoms with van der Waals surface area (Å²) >= 11 is 0. The second kappa shape index (κ2) is 26.4. The molecule has 0 aromatic heterocycles. The van der Waals surface area contributed by atoms with Gasteiger partial charge in [-0.3, -0.25) is 0 Å². The van der Waals surface area contributed by atoms with Crippen molar-refractivity contribution in [3.05, 3.63) is 0 Å². The van der Waals surface area contributed by atoms with Crippen LogP contribution in [0.5, 0.6) is 0 Å². The fourth-order valence-electron chi connectivity index (χ4n) is 3.05. The number of amides is 4. The van der Waals surface area contributed by atoms with Crippen LogP contribution in [0.4, 0.5) is 9.59 Å². The Morgan fingerprint density at radius 1 is 0.528 bits per heavy atom. The quantitative estimate of drug-likeness (QED) is 0.132. The van der Waals surface area contributed by atoms with E-state index in [0.717, 1.165) is 38.5 Å². The van der Waals surface area contributed by atoms with Crippen LogP contribution >= 0.6 is 0 Å². The van der Waals surface area contributed by atoms with Gasteiger partial charge in [-0.25, -0.2) is 9.59 Å². The lowest BCUT2D eigenvalue weighted by Crippen LogP contribution is -2.37. The van der Waals surface area contributed by atoms with Crippen molar-refractivity contribution < 1.29 is 38.0 Å². The zero-order chi connectivity index (χ0) is 26.7. The van der Waals surface area contributed by atoms with Crippen LogP contribution in [0.15, 0.2) is 0 Å². The van der Waals surface area contributed by atoms with Gasteiger partial charge in [-0.1, -0.05) is 12.8 Å². The molecule has 36 heavy (non-hydrogen) atoms. The molecule has 0 heterocycles. The molecular weight excluding hydrogens is 472 g/mol. The lowest BCUT2D eigenvalue weighted by molar-refractivity contribution is -0.0304. The van der Waals surface area contributed by atoms with Crippen molar-refractivity contribution in [1.82, 2.24) is 21.3 Å².